The summed E-state index contributed by atoms with van der Waals surface area (Å²) < 4.78 is 1.34. The van der Waals surface area contributed by atoms with E-state index in [1.165, 1.54) is 4.68 Å². The van der Waals surface area contributed by atoms with Gasteiger partial charge in [-0.1, -0.05) is 116 Å². The van der Waals surface area contributed by atoms with Gasteiger partial charge in [0.05, 0.1) is 23.8 Å². The van der Waals surface area contributed by atoms with Crippen LogP contribution < -0.4 is 5.56 Å². The Labute approximate surface area is 250 Å². The van der Waals surface area contributed by atoms with Crippen molar-refractivity contribution >= 4 is 23.3 Å². The second-order valence-electron chi connectivity index (χ2n) is 10.6. The minimum atomic E-state index is -0.593. The monoisotopic (exact) mass is 577 g/mol. The first-order valence-corrected chi connectivity index (χ1v) is 14.3. The highest BCUT2D eigenvalue weighted by atomic mass is 35.5. The summed E-state index contributed by atoms with van der Waals surface area (Å²) >= 11 is 6.07. The first-order valence-electron chi connectivity index (χ1n) is 13.9. The number of amides is 1. The Hall–Kier alpha value is -4.68. The van der Waals surface area contributed by atoms with Crippen molar-refractivity contribution in [3.63, 3.8) is 0 Å². The van der Waals surface area contributed by atoms with E-state index >= 15 is 0 Å². The van der Waals surface area contributed by atoms with Crippen LogP contribution in [0.4, 0.5) is 0 Å². The zero-order chi connectivity index (χ0) is 29.6. The molecular formula is C35H32ClN3O3. The summed E-state index contributed by atoms with van der Waals surface area (Å²) in [5, 5.41) is 3.67. The molecule has 5 aromatic rings. The van der Waals surface area contributed by atoms with Crippen molar-refractivity contribution in [2.45, 2.75) is 19.8 Å². The number of nitrogens with one attached hydrogen (secondary N) is 1. The van der Waals surface area contributed by atoms with Crippen LogP contribution >= 0.6 is 11.6 Å². The molecule has 1 heterocycles. The van der Waals surface area contributed by atoms with Crippen LogP contribution in [-0.4, -0.2) is 39.5 Å². The first-order chi connectivity index (χ1) is 20.3. The number of carbonyl (C=O) groups excluding carboxylic acids is 2. The number of aromatic amines is 1. The molecule has 0 fully saturated rings. The van der Waals surface area contributed by atoms with E-state index in [4.69, 9.17) is 11.6 Å². The maximum absolute atomic E-state index is 14.3. The van der Waals surface area contributed by atoms with Crippen LogP contribution in [0, 0.1) is 5.92 Å². The molecule has 0 unspecified atom stereocenters. The Morgan fingerprint density at radius 2 is 1.31 bits per heavy atom. The van der Waals surface area contributed by atoms with Gasteiger partial charge in [-0.25, -0.2) is 4.68 Å². The van der Waals surface area contributed by atoms with Crippen LogP contribution in [0.1, 0.15) is 41.3 Å². The zero-order valence-electron chi connectivity index (χ0n) is 23.5. The van der Waals surface area contributed by atoms with Crippen molar-refractivity contribution in [3.05, 3.63) is 147 Å². The Morgan fingerprint density at radius 1 is 0.786 bits per heavy atom. The molecule has 5 rings (SSSR count). The Balaban J connectivity index is 1.56. The molecule has 0 aliphatic carbocycles. The molecule has 0 spiro atoms. The van der Waals surface area contributed by atoms with Gasteiger partial charge in [-0.15, -0.1) is 0 Å². The van der Waals surface area contributed by atoms with Crippen LogP contribution in [0.25, 0.3) is 16.9 Å². The average molecular weight is 578 g/mol. The molecule has 1 N–H and O–H groups in total. The van der Waals surface area contributed by atoms with Crippen molar-refractivity contribution in [2.24, 2.45) is 5.92 Å². The number of nitrogens with zero attached hydrogens (tertiary/aromatic N) is 2. The molecule has 6 nitrogen and oxygen atoms in total. The van der Waals surface area contributed by atoms with E-state index in [0.29, 0.717) is 28.5 Å². The molecule has 4 aromatic carbocycles. The van der Waals surface area contributed by atoms with E-state index in [0.717, 1.165) is 11.1 Å². The van der Waals surface area contributed by atoms with Crippen molar-refractivity contribution < 1.29 is 9.59 Å². The SMILES string of the molecule is CC(C)CN(CC(=O)c1c(-c2ccccc2)[nH]n(-c2ccc(Cl)cc2)c1=O)C(=O)C(c1ccccc1)c1ccccc1. The molecule has 1 aromatic heterocycles. The van der Waals surface area contributed by atoms with Crippen LogP contribution in [0.2, 0.25) is 5.02 Å². The summed E-state index contributed by atoms with van der Waals surface area (Å²) in [6.07, 6.45) is 0. The van der Waals surface area contributed by atoms with Crippen molar-refractivity contribution in [2.75, 3.05) is 13.1 Å². The topological polar surface area (TPSA) is 75.2 Å². The van der Waals surface area contributed by atoms with E-state index < -0.39 is 17.3 Å². The largest absolute Gasteiger partial charge is 0.334 e. The number of carbonyl (C=O) groups is 2. The van der Waals surface area contributed by atoms with Gasteiger partial charge in [-0.2, -0.15) is 0 Å². The summed E-state index contributed by atoms with van der Waals surface area (Å²) in [7, 11) is 0. The normalized spacial score (nSPS) is 11.2. The fraction of sp³-hybridized carbons (Fsp3) is 0.171. The van der Waals surface area contributed by atoms with Crippen LogP contribution in [0.15, 0.2) is 120 Å². The van der Waals surface area contributed by atoms with Crippen molar-refractivity contribution in [1.29, 1.82) is 0 Å². The third-order valence-corrected chi connectivity index (χ3v) is 7.31. The van der Waals surface area contributed by atoms with Gasteiger partial charge < -0.3 is 4.90 Å². The maximum atomic E-state index is 14.3. The molecule has 0 saturated carbocycles. The summed E-state index contributed by atoms with van der Waals surface area (Å²) in [6, 6.07) is 35.2. The van der Waals surface area contributed by atoms with Gasteiger partial charge >= 0.3 is 0 Å². The number of benzene rings is 4. The van der Waals surface area contributed by atoms with Crippen LogP contribution in [0.3, 0.4) is 0 Å². The van der Waals surface area contributed by atoms with Gasteiger partial charge in [-0.05, 0) is 41.3 Å². The quantitative estimate of drug-likeness (QED) is 0.182. The standard InChI is InChI=1S/C35H32ClN3O3/c1-24(2)22-38(34(41)31(25-12-6-3-7-13-25)26-14-8-4-9-15-26)23-30(40)32-33(27-16-10-5-11-17-27)37-39(35(32)42)29-20-18-28(36)19-21-29/h3-21,24,31,37H,22-23H2,1-2H3. The van der Waals surface area contributed by atoms with Crippen molar-refractivity contribution in [1.82, 2.24) is 14.7 Å². The summed E-state index contributed by atoms with van der Waals surface area (Å²) in [5.41, 5.74) is 2.84. The van der Waals surface area contributed by atoms with E-state index in [-0.39, 0.29) is 23.9 Å². The molecule has 7 heteroatoms. The van der Waals surface area contributed by atoms with Gasteiger partial charge in [0, 0.05) is 17.1 Å². The minimum absolute atomic E-state index is 0.00804. The molecule has 1 amide bonds. The van der Waals surface area contributed by atoms with Gasteiger partial charge in [0.15, 0.2) is 5.78 Å². The smallest absolute Gasteiger partial charge is 0.282 e. The molecule has 0 aliphatic heterocycles. The van der Waals surface area contributed by atoms with Gasteiger partial charge in [-0.3, -0.25) is 19.5 Å². The van der Waals surface area contributed by atoms with E-state index in [2.05, 4.69) is 5.10 Å². The second-order valence-corrected chi connectivity index (χ2v) is 11.1. The van der Waals surface area contributed by atoms with Gasteiger partial charge in [0.2, 0.25) is 5.91 Å². The number of Topliss-reactive ketones (excluding diaryl/α,β-unsaturated/α-hetero) is 1. The lowest BCUT2D eigenvalue weighted by molar-refractivity contribution is -0.132. The zero-order valence-corrected chi connectivity index (χ0v) is 24.3. The highest BCUT2D eigenvalue weighted by Crippen LogP contribution is 2.28. The number of H-pyrrole nitrogens is 1. The third-order valence-electron chi connectivity index (χ3n) is 7.06. The van der Waals surface area contributed by atoms with E-state index in [1.807, 2.05) is 105 Å². The molecule has 0 aliphatic rings. The molecule has 212 valence electrons. The highest BCUT2D eigenvalue weighted by Gasteiger charge is 2.31. The number of hydrogen-bond donors (Lipinski definition) is 1. The van der Waals surface area contributed by atoms with Crippen LogP contribution in [-0.2, 0) is 4.79 Å². The minimum Gasteiger partial charge on any atom is -0.334 e. The van der Waals surface area contributed by atoms with Gasteiger partial charge in [0.25, 0.3) is 5.56 Å². The van der Waals surface area contributed by atoms with Crippen LogP contribution in [0.5, 0.6) is 0 Å². The Kier molecular flexibility index (Phi) is 8.84. The maximum Gasteiger partial charge on any atom is 0.282 e. The predicted molar refractivity (Wildman–Crippen MR) is 167 cm³/mol. The average Bonchev–Trinajstić information content (AvgIpc) is 3.35. The number of rotatable bonds is 10. The summed E-state index contributed by atoms with van der Waals surface area (Å²) in [6.45, 7) is 4.13. The Morgan fingerprint density at radius 3 is 1.83 bits per heavy atom. The number of halogens is 1. The lowest BCUT2D eigenvalue weighted by Crippen LogP contribution is -2.42. The lowest BCUT2D eigenvalue weighted by Gasteiger charge is -2.29. The lowest BCUT2D eigenvalue weighted by atomic mass is 9.89. The molecule has 0 atom stereocenters. The fourth-order valence-corrected chi connectivity index (χ4v) is 5.28. The molecule has 42 heavy (non-hydrogen) atoms. The summed E-state index contributed by atoms with van der Waals surface area (Å²) in [4.78, 5) is 43.8. The van der Waals surface area contributed by atoms with Crippen molar-refractivity contribution in [3.8, 4) is 16.9 Å². The Bertz CT molecular complexity index is 1670. The molecule has 0 bridgehead atoms. The number of hydrogen-bond acceptors (Lipinski definition) is 3. The van der Waals surface area contributed by atoms with Gasteiger partial charge in [0.1, 0.15) is 5.56 Å². The molecule has 0 saturated heterocycles. The fourth-order valence-electron chi connectivity index (χ4n) is 5.16. The number of aromatic nitrogens is 2. The summed E-state index contributed by atoms with van der Waals surface area (Å²) in [5.74, 6) is -1.12. The number of ketones is 1. The second kappa shape index (κ2) is 12.9. The third kappa shape index (κ3) is 6.29. The molecular weight excluding hydrogens is 546 g/mol. The highest BCUT2D eigenvalue weighted by molar-refractivity contribution is 6.30. The van der Waals surface area contributed by atoms with E-state index in [1.54, 1.807) is 29.2 Å². The molecule has 0 radical (unpaired) electrons. The predicted octanol–water partition coefficient (Wildman–Crippen LogP) is 6.99. The first kappa shape index (κ1) is 28.8. The van der Waals surface area contributed by atoms with E-state index in [9.17, 15) is 14.4 Å².